The molecule has 1 aromatic heterocycles. The molecular weight excluding hydrogens is 403 g/mol. The summed E-state index contributed by atoms with van der Waals surface area (Å²) in [6, 6.07) is 17.7. The molecule has 27 heavy (non-hydrogen) atoms. The number of hydrogen-bond acceptors (Lipinski definition) is 2. The van der Waals surface area contributed by atoms with Gasteiger partial charge in [-0.3, -0.25) is 0 Å². The van der Waals surface area contributed by atoms with Crippen LogP contribution in [0, 0.1) is 0 Å². The largest absolute Gasteiger partial charge is 0.481 e. The van der Waals surface area contributed by atoms with Crippen molar-refractivity contribution in [1.82, 2.24) is 9.55 Å². The number of ether oxygens (including phenoxy) is 1. The summed E-state index contributed by atoms with van der Waals surface area (Å²) < 4.78 is 8.22. The Hall–Kier alpha value is -2.20. The van der Waals surface area contributed by atoms with E-state index in [1.807, 2.05) is 22.9 Å². The van der Waals surface area contributed by atoms with Crippen molar-refractivity contribution in [2.45, 2.75) is 12.6 Å². The molecular formula is C21H15Cl3N2O. The normalized spacial score (nSPS) is 12.3. The van der Waals surface area contributed by atoms with Crippen molar-refractivity contribution >= 4 is 45.6 Å². The quantitative estimate of drug-likeness (QED) is 0.356. The zero-order valence-electron chi connectivity index (χ0n) is 14.1. The zero-order chi connectivity index (χ0) is 18.8. The van der Waals surface area contributed by atoms with Gasteiger partial charge >= 0.3 is 0 Å². The first kappa shape index (κ1) is 18.2. The Morgan fingerprint density at radius 1 is 0.926 bits per heavy atom. The molecule has 1 heterocycles. The standard InChI is InChI=1S/C21H15Cl3N2O/c22-17-10-18(23)21(19(24)11-17)27-20(12-26-8-7-25-13-26)16-6-5-14-3-1-2-4-15(14)9-16/h1-11,13,20H,12H2. The molecule has 3 nitrogen and oxygen atoms in total. The minimum absolute atomic E-state index is 0.306. The summed E-state index contributed by atoms with van der Waals surface area (Å²) in [5, 5.41) is 3.54. The molecule has 0 spiro atoms. The van der Waals surface area contributed by atoms with Crippen molar-refractivity contribution in [3.63, 3.8) is 0 Å². The minimum atomic E-state index is -0.306. The summed E-state index contributed by atoms with van der Waals surface area (Å²) in [5.74, 6) is 0.418. The highest BCUT2D eigenvalue weighted by Gasteiger charge is 2.19. The topological polar surface area (TPSA) is 27.1 Å². The van der Waals surface area contributed by atoms with E-state index in [1.54, 1.807) is 24.7 Å². The highest BCUT2D eigenvalue weighted by Crippen LogP contribution is 2.39. The third-order valence-corrected chi connectivity index (χ3v) is 5.08. The number of rotatable bonds is 5. The maximum atomic E-state index is 6.33. The van der Waals surface area contributed by atoms with Gasteiger partial charge in [0.05, 0.1) is 22.9 Å². The van der Waals surface area contributed by atoms with Gasteiger partial charge in [-0.15, -0.1) is 0 Å². The number of hydrogen-bond donors (Lipinski definition) is 0. The summed E-state index contributed by atoms with van der Waals surface area (Å²) in [4.78, 5) is 4.11. The van der Waals surface area contributed by atoms with E-state index in [1.165, 1.54) is 5.39 Å². The van der Waals surface area contributed by atoms with Gasteiger partial charge in [-0.25, -0.2) is 4.98 Å². The molecule has 0 saturated carbocycles. The fraction of sp³-hybridized carbons (Fsp3) is 0.0952. The predicted octanol–water partition coefficient (Wildman–Crippen LogP) is 6.82. The van der Waals surface area contributed by atoms with Gasteiger partial charge in [0.15, 0.2) is 5.75 Å². The van der Waals surface area contributed by atoms with E-state index in [9.17, 15) is 0 Å². The van der Waals surface area contributed by atoms with E-state index in [0.717, 1.165) is 10.9 Å². The molecule has 4 rings (SSSR count). The maximum absolute atomic E-state index is 6.33. The molecule has 0 aliphatic heterocycles. The van der Waals surface area contributed by atoms with Gasteiger partial charge in [0.2, 0.25) is 0 Å². The molecule has 0 aliphatic rings. The summed E-state index contributed by atoms with van der Waals surface area (Å²) in [5.41, 5.74) is 1.02. The number of aromatic nitrogens is 2. The van der Waals surface area contributed by atoms with Crippen molar-refractivity contribution in [2.24, 2.45) is 0 Å². The van der Waals surface area contributed by atoms with Gasteiger partial charge in [0.1, 0.15) is 6.10 Å². The third-order valence-electron chi connectivity index (χ3n) is 4.30. The Labute approximate surface area is 172 Å². The van der Waals surface area contributed by atoms with Crippen molar-refractivity contribution < 1.29 is 4.74 Å². The Kier molecular flexibility index (Phi) is 5.26. The zero-order valence-corrected chi connectivity index (χ0v) is 16.4. The van der Waals surface area contributed by atoms with Crippen LogP contribution < -0.4 is 4.74 Å². The lowest BCUT2D eigenvalue weighted by Crippen LogP contribution is -2.15. The van der Waals surface area contributed by atoms with E-state index < -0.39 is 0 Å². The smallest absolute Gasteiger partial charge is 0.157 e. The summed E-state index contributed by atoms with van der Waals surface area (Å²) in [6.07, 6.45) is 5.07. The van der Waals surface area contributed by atoms with Crippen LogP contribution in [0.15, 0.2) is 73.3 Å². The van der Waals surface area contributed by atoms with E-state index in [2.05, 4.69) is 35.3 Å². The first-order valence-corrected chi connectivity index (χ1v) is 9.49. The van der Waals surface area contributed by atoms with Crippen LogP contribution in [0.25, 0.3) is 10.8 Å². The predicted molar refractivity (Wildman–Crippen MR) is 111 cm³/mol. The first-order valence-electron chi connectivity index (χ1n) is 8.36. The molecule has 0 bridgehead atoms. The van der Waals surface area contributed by atoms with Crippen molar-refractivity contribution in [3.8, 4) is 5.75 Å². The Morgan fingerprint density at radius 3 is 2.37 bits per heavy atom. The maximum Gasteiger partial charge on any atom is 0.157 e. The summed E-state index contributed by atoms with van der Waals surface area (Å²) in [6.45, 7) is 0.563. The lowest BCUT2D eigenvalue weighted by molar-refractivity contribution is 0.184. The van der Waals surface area contributed by atoms with Gasteiger partial charge in [-0.2, -0.15) is 0 Å². The molecule has 4 aromatic rings. The minimum Gasteiger partial charge on any atom is -0.481 e. The summed E-state index contributed by atoms with van der Waals surface area (Å²) >= 11 is 18.7. The SMILES string of the molecule is Clc1cc(Cl)c(OC(Cn2ccnc2)c2ccc3ccccc3c2)c(Cl)c1. The highest BCUT2D eigenvalue weighted by molar-refractivity contribution is 6.40. The molecule has 3 aromatic carbocycles. The second-order valence-corrected chi connectivity index (χ2v) is 7.42. The Balaban J connectivity index is 1.74. The van der Waals surface area contributed by atoms with Gasteiger partial charge in [-0.05, 0) is 34.5 Å². The van der Waals surface area contributed by atoms with Gasteiger partial charge in [0.25, 0.3) is 0 Å². The molecule has 0 amide bonds. The van der Waals surface area contributed by atoms with Crippen LogP contribution in [-0.4, -0.2) is 9.55 Å². The van der Waals surface area contributed by atoms with Crippen LogP contribution in [0.2, 0.25) is 15.1 Å². The van der Waals surface area contributed by atoms with Crippen molar-refractivity contribution in [1.29, 1.82) is 0 Å². The van der Waals surface area contributed by atoms with Crippen LogP contribution in [0.3, 0.4) is 0 Å². The lowest BCUT2D eigenvalue weighted by atomic mass is 10.0. The molecule has 0 N–H and O–H groups in total. The number of benzene rings is 3. The van der Waals surface area contributed by atoms with Gasteiger partial charge in [-0.1, -0.05) is 71.2 Å². The van der Waals surface area contributed by atoms with Crippen LogP contribution in [0.5, 0.6) is 5.75 Å². The molecule has 1 atom stereocenters. The average molecular weight is 418 g/mol. The summed E-state index contributed by atoms with van der Waals surface area (Å²) in [7, 11) is 0. The van der Waals surface area contributed by atoms with Gasteiger partial charge < -0.3 is 9.30 Å². The molecule has 1 unspecified atom stereocenters. The number of fused-ring (bicyclic) bond motifs is 1. The van der Waals surface area contributed by atoms with Gasteiger partial charge in [0, 0.05) is 17.4 Å². The van der Waals surface area contributed by atoms with Crippen LogP contribution in [-0.2, 0) is 6.54 Å². The third kappa shape index (κ3) is 4.06. The van der Waals surface area contributed by atoms with Crippen LogP contribution >= 0.6 is 34.8 Å². The number of nitrogens with zero attached hydrogens (tertiary/aromatic N) is 2. The van der Waals surface area contributed by atoms with Crippen molar-refractivity contribution in [2.75, 3.05) is 0 Å². The molecule has 0 aliphatic carbocycles. The Bertz CT molecular complexity index is 1060. The fourth-order valence-corrected chi connectivity index (χ4v) is 3.89. The fourth-order valence-electron chi connectivity index (χ4n) is 2.99. The lowest BCUT2D eigenvalue weighted by Gasteiger charge is -2.22. The number of imidazole rings is 1. The van der Waals surface area contributed by atoms with Crippen LogP contribution in [0.1, 0.15) is 11.7 Å². The molecule has 0 fully saturated rings. The Morgan fingerprint density at radius 2 is 1.67 bits per heavy atom. The number of halogens is 3. The molecule has 6 heteroatoms. The van der Waals surface area contributed by atoms with Crippen molar-refractivity contribution in [3.05, 3.63) is 93.9 Å². The first-order chi connectivity index (χ1) is 13.1. The van der Waals surface area contributed by atoms with E-state index >= 15 is 0 Å². The second-order valence-electron chi connectivity index (χ2n) is 6.17. The van der Waals surface area contributed by atoms with E-state index in [0.29, 0.717) is 27.4 Å². The molecule has 0 radical (unpaired) electrons. The molecule has 0 saturated heterocycles. The highest BCUT2D eigenvalue weighted by atomic mass is 35.5. The average Bonchev–Trinajstić information content (AvgIpc) is 3.16. The van der Waals surface area contributed by atoms with E-state index in [4.69, 9.17) is 39.5 Å². The van der Waals surface area contributed by atoms with E-state index in [-0.39, 0.29) is 6.10 Å². The second kappa shape index (κ2) is 7.81. The molecule has 136 valence electrons. The monoisotopic (exact) mass is 416 g/mol. The van der Waals surface area contributed by atoms with Crippen LogP contribution in [0.4, 0.5) is 0 Å².